The van der Waals surface area contributed by atoms with E-state index in [1.807, 2.05) is 13.0 Å². The van der Waals surface area contributed by atoms with Crippen LogP contribution in [0, 0.1) is 0 Å². The van der Waals surface area contributed by atoms with E-state index in [1.165, 1.54) is 0 Å². The minimum absolute atomic E-state index is 0.177. The fourth-order valence-corrected chi connectivity index (χ4v) is 2.65. The summed E-state index contributed by atoms with van der Waals surface area (Å²) in [4.78, 5) is 14.5. The van der Waals surface area contributed by atoms with E-state index in [0.29, 0.717) is 17.3 Å². The molecule has 1 aromatic rings. The molecule has 6 heteroatoms. The van der Waals surface area contributed by atoms with Crippen LogP contribution in [0.5, 0.6) is 0 Å². The van der Waals surface area contributed by atoms with Crippen LogP contribution in [0.3, 0.4) is 0 Å². The second-order valence-electron chi connectivity index (χ2n) is 5.02. The number of amides is 1. The van der Waals surface area contributed by atoms with E-state index in [2.05, 4.69) is 21.9 Å². The van der Waals surface area contributed by atoms with Crippen molar-refractivity contribution >= 4 is 17.5 Å². The molecule has 0 atom stereocenters. The second kappa shape index (κ2) is 6.90. The number of carbonyl (C=O) groups excluding carboxylic acids is 1. The Morgan fingerprint density at radius 2 is 2.30 bits per heavy atom. The van der Waals surface area contributed by atoms with Crippen LogP contribution in [0.4, 0.5) is 0 Å². The monoisotopic (exact) mass is 296 g/mol. The predicted octanol–water partition coefficient (Wildman–Crippen LogP) is 1.94. The average molecular weight is 297 g/mol. The zero-order chi connectivity index (χ0) is 14.5. The highest BCUT2D eigenvalue weighted by molar-refractivity contribution is 6.33. The number of halogens is 1. The number of aromatic nitrogens is 2. The van der Waals surface area contributed by atoms with Crippen LogP contribution >= 0.6 is 11.6 Å². The molecule has 1 saturated heterocycles. The Morgan fingerprint density at radius 1 is 1.60 bits per heavy atom. The molecule has 0 saturated carbocycles. The van der Waals surface area contributed by atoms with E-state index < -0.39 is 0 Å². The Kier molecular flexibility index (Phi) is 5.20. The zero-order valence-corrected chi connectivity index (χ0v) is 12.6. The maximum Gasteiger partial charge on any atom is 0.273 e. The molecule has 5 nitrogen and oxygen atoms in total. The van der Waals surface area contributed by atoms with Crippen LogP contribution in [0.2, 0.25) is 5.02 Å². The quantitative estimate of drug-likeness (QED) is 0.845. The van der Waals surface area contributed by atoms with Gasteiger partial charge in [0.15, 0.2) is 5.69 Å². The molecule has 2 heterocycles. The van der Waals surface area contributed by atoms with Crippen molar-refractivity contribution in [2.45, 2.75) is 32.4 Å². The van der Waals surface area contributed by atoms with E-state index in [0.717, 1.165) is 32.5 Å². The summed E-state index contributed by atoms with van der Waals surface area (Å²) >= 11 is 6.04. The summed E-state index contributed by atoms with van der Waals surface area (Å²) in [6, 6.07) is 0.200. The molecule has 110 valence electrons. The van der Waals surface area contributed by atoms with Gasteiger partial charge in [0.05, 0.1) is 5.02 Å². The molecular weight excluding hydrogens is 276 g/mol. The third-order valence-electron chi connectivity index (χ3n) is 3.57. The fraction of sp³-hybridized carbons (Fsp3) is 0.571. The van der Waals surface area contributed by atoms with Crippen molar-refractivity contribution in [3.05, 3.63) is 29.6 Å². The Hall–Kier alpha value is -1.33. The predicted molar refractivity (Wildman–Crippen MR) is 80.0 cm³/mol. The van der Waals surface area contributed by atoms with Gasteiger partial charge in [-0.3, -0.25) is 14.4 Å². The highest BCUT2D eigenvalue weighted by Gasteiger charge is 2.22. The van der Waals surface area contributed by atoms with Gasteiger partial charge in [-0.2, -0.15) is 5.10 Å². The van der Waals surface area contributed by atoms with Crippen molar-refractivity contribution in [3.8, 4) is 0 Å². The van der Waals surface area contributed by atoms with E-state index in [-0.39, 0.29) is 11.9 Å². The lowest BCUT2D eigenvalue weighted by Gasteiger charge is -2.31. The highest BCUT2D eigenvalue weighted by Crippen LogP contribution is 2.15. The van der Waals surface area contributed by atoms with Crippen molar-refractivity contribution in [1.82, 2.24) is 20.0 Å². The van der Waals surface area contributed by atoms with E-state index >= 15 is 0 Å². The largest absolute Gasteiger partial charge is 0.348 e. The van der Waals surface area contributed by atoms with Crippen LogP contribution in [0.15, 0.2) is 18.9 Å². The molecule has 1 N–H and O–H groups in total. The lowest BCUT2D eigenvalue weighted by molar-refractivity contribution is 0.0908. The summed E-state index contributed by atoms with van der Waals surface area (Å²) in [5.74, 6) is -0.177. The van der Waals surface area contributed by atoms with Crippen LogP contribution < -0.4 is 5.32 Å². The number of nitrogens with one attached hydrogen (secondary N) is 1. The molecule has 0 unspecified atom stereocenters. The maximum absolute atomic E-state index is 12.2. The number of aryl methyl sites for hydroxylation is 1. The molecule has 1 amide bonds. The van der Waals surface area contributed by atoms with Crippen molar-refractivity contribution in [1.29, 1.82) is 0 Å². The van der Waals surface area contributed by atoms with Gasteiger partial charge in [0.25, 0.3) is 5.91 Å². The van der Waals surface area contributed by atoms with Crippen LogP contribution in [-0.2, 0) is 6.54 Å². The lowest BCUT2D eigenvalue weighted by Crippen LogP contribution is -2.44. The van der Waals surface area contributed by atoms with E-state index in [4.69, 9.17) is 11.6 Å². The minimum Gasteiger partial charge on any atom is -0.348 e. The van der Waals surface area contributed by atoms with Gasteiger partial charge < -0.3 is 5.32 Å². The molecule has 0 bridgehead atoms. The van der Waals surface area contributed by atoms with Gasteiger partial charge in [-0.15, -0.1) is 6.58 Å². The summed E-state index contributed by atoms with van der Waals surface area (Å²) in [5.41, 5.74) is 0.321. The first kappa shape index (κ1) is 15.1. The number of nitrogens with zero attached hydrogens (tertiary/aromatic N) is 3. The minimum atomic E-state index is -0.177. The van der Waals surface area contributed by atoms with Crippen molar-refractivity contribution < 1.29 is 4.79 Å². The lowest BCUT2D eigenvalue weighted by atomic mass is 10.0. The Labute approximate surface area is 124 Å². The molecule has 2 rings (SSSR count). The third-order valence-corrected chi connectivity index (χ3v) is 3.84. The van der Waals surface area contributed by atoms with E-state index in [1.54, 1.807) is 10.9 Å². The second-order valence-corrected chi connectivity index (χ2v) is 5.43. The molecule has 0 aliphatic carbocycles. The van der Waals surface area contributed by atoms with Gasteiger partial charge in [-0.1, -0.05) is 17.7 Å². The zero-order valence-electron chi connectivity index (χ0n) is 11.8. The molecule has 0 aromatic carbocycles. The standard InChI is InChI=1S/C14H21ClN4O/c1-3-7-18-8-5-11(6-9-18)16-14(20)13-12(15)10-19(4-2)17-13/h3,10-11H,1,4-9H2,2H3,(H,16,20). The normalized spacial score (nSPS) is 17.1. The van der Waals surface area contributed by atoms with Crippen LogP contribution in [-0.4, -0.2) is 46.3 Å². The van der Waals surface area contributed by atoms with Gasteiger partial charge >= 0.3 is 0 Å². The summed E-state index contributed by atoms with van der Waals surface area (Å²) in [6.45, 7) is 9.28. The van der Waals surface area contributed by atoms with Gasteiger partial charge in [0.2, 0.25) is 0 Å². The topological polar surface area (TPSA) is 50.2 Å². The first-order valence-electron chi connectivity index (χ1n) is 7.01. The molecule has 0 spiro atoms. The first-order chi connectivity index (χ1) is 9.63. The molecule has 20 heavy (non-hydrogen) atoms. The summed E-state index contributed by atoms with van der Waals surface area (Å²) in [7, 11) is 0. The van der Waals surface area contributed by atoms with Crippen LogP contribution in [0.25, 0.3) is 0 Å². The number of rotatable bonds is 5. The molecule has 1 aromatic heterocycles. The molecular formula is C14H21ClN4O. The molecule has 1 fully saturated rings. The van der Waals surface area contributed by atoms with Crippen molar-refractivity contribution in [2.75, 3.05) is 19.6 Å². The maximum atomic E-state index is 12.2. The first-order valence-corrected chi connectivity index (χ1v) is 7.39. The Morgan fingerprint density at radius 3 is 2.85 bits per heavy atom. The average Bonchev–Trinajstić information content (AvgIpc) is 2.83. The summed E-state index contributed by atoms with van der Waals surface area (Å²) < 4.78 is 1.67. The number of hydrogen-bond acceptors (Lipinski definition) is 3. The molecule has 0 radical (unpaired) electrons. The van der Waals surface area contributed by atoms with Gasteiger partial charge in [0, 0.05) is 38.4 Å². The van der Waals surface area contributed by atoms with Crippen molar-refractivity contribution in [2.24, 2.45) is 0 Å². The highest BCUT2D eigenvalue weighted by atomic mass is 35.5. The SMILES string of the molecule is C=CCN1CCC(NC(=O)c2nn(CC)cc2Cl)CC1. The fourth-order valence-electron chi connectivity index (χ4n) is 2.41. The molecule has 1 aliphatic rings. The van der Waals surface area contributed by atoms with Crippen molar-refractivity contribution in [3.63, 3.8) is 0 Å². The Balaban J connectivity index is 1.89. The number of piperidine rings is 1. The molecule has 1 aliphatic heterocycles. The van der Waals surface area contributed by atoms with Gasteiger partial charge in [0.1, 0.15) is 0 Å². The number of hydrogen-bond donors (Lipinski definition) is 1. The summed E-state index contributed by atoms with van der Waals surface area (Å²) in [6.07, 6.45) is 5.50. The van der Waals surface area contributed by atoms with Gasteiger partial charge in [-0.05, 0) is 19.8 Å². The Bertz CT molecular complexity index is 478. The van der Waals surface area contributed by atoms with Crippen LogP contribution in [0.1, 0.15) is 30.3 Å². The third kappa shape index (κ3) is 3.61. The van der Waals surface area contributed by atoms with Gasteiger partial charge in [-0.25, -0.2) is 0 Å². The smallest absolute Gasteiger partial charge is 0.273 e. The summed E-state index contributed by atoms with van der Waals surface area (Å²) in [5, 5.41) is 7.62. The number of likely N-dealkylation sites (tertiary alicyclic amines) is 1. The number of carbonyl (C=O) groups is 1. The van der Waals surface area contributed by atoms with E-state index in [9.17, 15) is 4.79 Å².